The van der Waals surface area contributed by atoms with Crippen LogP contribution in [0.3, 0.4) is 0 Å². The van der Waals surface area contributed by atoms with Gasteiger partial charge in [0.1, 0.15) is 0 Å². The Morgan fingerprint density at radius 3 is 2.10 bits per heavy atom. The van der Waals surface area contributed by atoms with Gasteiger partial charge in [0, 0.05) is 17.1 Å². The fraction of sp³-hybridized carbons (Fsp3) is 0. The predicted molar refractivity (Wildman–Crippen MR) is 79.9 cm³/mol. The summed E-state index contributed by atoms with van der Waals surface area (Å²) in [6.07, 6.45) is 1.66. The number of nitrogen functional groups attached to an aromatic ring is 2. The molecule has 0 saturated heterocycles. The Labute approximate surface area is 116 Å². The zero-order chi connectivity index (χ0) is 13.9. The molecule has 0 atom stereocenters. The van der Waals surface area contributed by atoms with Gasteiger partial charge < -0.3 is 16.8 Å². The molecular formula is C14H14N6. The van der Waals surface area contributed by atoms with Gasteiger partial charge in [0.15, 0.2) is 5.82 Å². The molecule has 0 amide bonds. The van der Waals surface area contributed by atoms with Gasteiger partial charge in [-0.05, 0) is 48.5 Å². The highest BCUT2D eigenvalue weighted by Gasteiger charge is 2.06. The quantitative estimate of drug-likeness (QED) is 0.631. The highest BCUT2D eigenvalue weighted by molar-refractivity contribution is 5.60. The van der Waals surface area contributed by atoms with Gasteiger partial charge in [-0.15, -0.1) is 5.10 Å². The highest BCUT2D eigenvalue weighted by Crippen LogP contribution is 2.20. The molecule has 0 aliphatic heterocycles. The Bertz CT molecular complexity index is 699. The Morgan fingerprint density at radius 1 is 0.850 bits per heavy atom. The van der Waals surface area contributed by atoms with E-state index in [1.165, 1.54) is 0 Å². The number of hydrogen-bond acceptors (Lipinski definition) is 5. The maximum atomic E-state index is 5.68. The first-order chi connectivity index (χ1) is 9.72. The van der Waals surface area contributed by atoms with E-state index in [-0.39, 0.29) is 0 Å². The van der Waals surface area contributed by atoms with Crippen molar-refractivity contribution >= 4 is 22.9 Å². The largest absolute Gasteiger partial charge is 0.399 e. The molecule has 1 aromatic heterocycles. The van der Waals surface area contributed by atoms with Crippen LogP contribution < -0.4 is 16.8 Å². The van der Waals surface area contributed by atoms with Crippen LogP contribution in [0.2, 0.25) is 0 Å². The number of anilines is 4. The van der Waals surface area contributed by atoms with Crippen molar-refractivity contribution < 1.29 is 0 Å². The predicted octanol–water partition coefficient (Wildman–Crippen LogP) is 2.18. The van der Waals surface area contributed by atoms with E-state index in [2.05, 4.69) is 15.6 Å². The summed E-state index contributed by atoms with van der Waals surface area (Å²) < 4.78 is 1.70. The Hall–Kier alpha value is -3.02. The Balaban J connectivity index is 1.90. The fourth-order valence-electron chi connectivity index (χ4n) is 1.84. The van der Waals surface area contributed by atoms with E-state index in [1.807, 2.05) is 48.5 Å². The minimum Gasteiger partial charge on any atom is -0.399 e. The van der Waals surface area contributed by atoms with Crippen LogP contribution in [0.15, 0.2) is 54.7 Å². The summed E-state index contributed by atoms with van der Waals surface area (Å²) in [7, 11) is 0. The number of rotatable bonds is 3. The highest BCUT2D eigenvalue weighted by atomic mass is 15.5. The molecule has 3 rings (SSSR count). The molecule has 1 heterocycles. The molecule has 3 aromatic rings. The van der Waals surface area contributed by atoms with Gasteiger partial charge >= 0.3 is 0 Å². The van der Waals surface area contributed by atoms with Crippen molar-refractivity contribution in [3.63, 3.8) is 0 Å². The topological polar surface area (TPSA) is 94.8 Å². The Morgan fingerprint density at radius 2 is 1.45 bits per heavy atom. The zero-order valence-electron chi connectivity index (χ0n) is 10.7. The minimum absolute atomic E-state index is 0.710. The van der Waals surface area contributed by atoms with Crippen LogP contribution in [-0.2, 0) is 0 Å². The summed E-state index contributed by atoms with van der Waals surface area (Å²) in [5.74, 6) is 0.763. The van der Waals surface area contributed by atoms with Crippen molar-refractivity contribution in [2.24, 2.45) is 0 Å². The standard InChI is InChI=1S/C14H14N6/c15-10-1-5-12(6-2-10)18-14-9-17-19-20(14)13-7-3-11(16)4-8-13/h1-9,18H,15-16H2. The molecule has 0 bridgehead atoms. The van der Waals surface area contributed by atoms with Crippen molar-refractivity contribution in [3.05, 3.63) is 54.7 Å². The maximum Gasteiger partial charge on any atom is 0.154 e. The molecule has 0 aliphatic rings. The molecular weight excluding hydrogens is 252 g/mol. The van der Waals surface area contributed by atoms with Crippen molar-refractivity contribution in [2.75, 3.05) is 16.8 Å². The second-order valence-corrected chi connectivity index (χ2v) is 4.37. The summed E-state index contributed by atoms with van der Waals surface area (Å²) in [5, 5.41) is 11.2. The monoisotopic (exact) mass is 266 g/mol. The third-order valence-corrected chi connectivity index (χ3v) is 2.87. The number of nitrogens with one attached hydrogen (secondary N) is 1. The molecule has 5 N–H and O–H groups in total. The van der Waals surface area contributed by atoms with Crippen LogP contribution in [0.5, 0.6) is 0 Å². The maximum absolute atomic E-state index is 5.68. The van der Waals surface area contributed by atoms with Crippen LogP contribution in [0.25, 0.3) is 5.69 Å². The summed E-state index contributed by atoms with van der Waals surface area (Å²) >= 11 is 0. The van der Waals surface area contributed by atoms with Crippen molar-refractivity contribution in [1.82, 2.24) is 15.0 Å². The number of aromatic nitrogens is 3. The average Bonchev–Trinajstić information content (AvgIpc) is 2.90. The lowest BCUT2D eigenvalue weighted by Crippen LogP contribution is -2.02. The van der Waals surface area contributed by atoms with E-state index < -0.39 is 0 Å². The van der Waals surface area contributed by atoms with Gasteiger partial charge in [-0.3, -0.25) is 0 Å². The van der Waals surface area contributed by atoms with Gasteiger partial charge in [0.2, 0.25) is 0 Å². The number of hydrogen-bond donors (Lipinski definition) is 3. The third kappa shape index (κ3) is 2.39. The van der Waals surface area contributed by atoms with Crippen molar-refractivity contribution in [1.29, 1.82) is 0 Å². The number of benzene rings is 2. The van der Waals surface area contributed by atoms with Gasteiger partial charge in [-0.1, -0.05) is 5.21 Å². The van der Waals surface area contributed by atoms with Crippen LogP contribution in [-0.4, -0.2) is 15.0 Å². The first-order valence-corrected chi connectivity index (χ1v) is 6.11. The number of nitrogens with zero attached hydrogens (tertiary/aromatic N) is 3. The summed E-state index contributed by atoms with van der Waals surface area (Å²) in [6, 6.07) is 14.9. The van der Waals surface area contributed by atoms with Crippen LogP contribution >= 0.6 is 0 Å². The lowest BCUT2D eigenvalue weighted by molar-refractivity contribution is 0.808. The lowest BCUT2D eigenvalue weighted by atomic mass is 10.3. The van der Waals surface area contributed by atoms with E-state index in [4.69, 9.17) is 11.5 Å². The molecule has 0 unspecified atom stereocenters. The van der Waals surface area contributed by atoms with Gasteiger partial charge in [-0.25, -0.2) is 0 Å². The van der Waals surface area contributed by atoms with Crippen molar-refractivity contribution in [2.45, 2.75) is 0 Å². The fourth-order valence-corrected chi connectivity index (χ4v) is 1.84. The molecule has 100 valence electrons. The lowest BCUT2D eigenvalue weighted by Gasteiger charge is -2.09. The molecule has 0 fully saturated rings. The minimum atomic E-state index is 0.710. The molecule has 6 heteroatoms. The van der Waals surface area contributed by atoms with Crippen LogP contribution in [0.4, 0.5) is 22.9 Å². The summed E-state index contributed by atoms with van der Waals surface area (Å²) in [4.78, 5) is 0. The van der Waals surface area contributed by atoms with Crippen LogP contribution in [0.1, 0.15) is 0 Å². The molecule has 20 heavy (non-hydrogen) atoms. The molecule has 6 nitrogen and oxygen atoms in total. The van der Waals surface area contributed by atoms with Gasteiger partial charge in [-0.2, -0.15) is 4.68 Å². The van der Waals surface area contributed by atoms with Gasteiger partial charge in [0.05, 0.1) is 11.9 Å². The molecule has 0 radical (unpaired) electrons. The molecule has 0 saturated carbocycles. The number of nitrogens with two attached hydrogens (primary N) is 2. The first-order valence-electron chi connectivity index (χ1n) is 6.11. The summed E-state index contributed by atoms with van der Waals surface area (Å²) in [5.41, 5.74) is 14.6. The second kappa shape index (κ2) is 4.93. The smallest absolute Gasteiger partial charge is 0.154 e. The molecule has 0 spiro atoms. The van der Waals surface area contributed by atoms with E-state index in [1.54, 1.807) is 10.9 Å². The SMILES string of the molecule is Nc1ccc(Nc2cnnn2-c2ccc(N)cc2)cc1. The van der Waals surface area contributed by atoms with Gasteiger partial charge in [0.25, 0.3) is 0 Å². The molecule has 2 aromatic carbocycles. The van der Waals surface area contributed by atoms with E-state index in [9.17, 15) is 0 Å². The van der Waals surface area contributed by atoms with E-state index >= 15 is 0 Å². The van der Waals surface area contributed by atoms with E-state index in [0.717, 1.165) is 22.9 Å². The normalized spacial score (nSPS) is 10.4. The second-order valence-electron chi connectivity index (χ2n) is 4.37. The first kappa shape index (κ1) is 12.0. The zero-order valence-corrected chi connectivity index (χ0v) is 10.7. The van der Waals surface area contributed by atoms with E-state index in [0.29, 0.717) is 5.69 Å². The van der Waals surface area contributed by atoms with Crippen LogP contribution in [0, 0.1) is 0 Å². The van der Waals surface area contributed by atoms with Crippen molar-refractivity contribution in [3.8, 4) is 5.69 Å². The molecule has 0 aliphatic carbocycles. The Kier molecular flexibility index (Phi) is 2.96. The third-order valence-electron chi connectivity index (χ3n) is 2.87. The average molecular weight is 266 g/mol. The summed E-state index contributed by atoms with van der Waals surface area (Å²) in [6.45, 7) is 0.